The van der Waals surface area contributed by atoms with Crippen molar-refractivity contribution in [2.24, 2.45) is 22.7 Å². The van der Waals surface area contributed by atoms with Crippen molar-refractivity contribution in [2.75, 3.05) is 5.75 Å². The fourth-order valence-corrected chi connectivity index (χ4v) is 8.25. The van der Waals surface area contributed by atoms with Crippen molar-refractivity contribution in [3.05, 3.63) is 22.3 Å². The number of fused-ring (bicyclic) bond motifs is 1. The number of hydrogen-bond acceptors (Lipinski definition) is 2. The lowest BCUT2D eigenvalue weighted by Crippen LogP contribution is -2.40. The van der Waals surface area contributed by atoms with Crippen LogP contribution in [-0.4, -0.2) is 19.6 Å². The second-order valence-corrected chi connectivity index (χ2v) is 16.4. The third-order valence-electron chi connectivity index (χ3n) is 7.05. The Morgan fingerprint density at radius 2 is 1.96 bits per heavy atom. The maximum atomic E-state index is 13.8. The summed E-state index contributed by atoms with van der Waals surface area (Å²) in [6.45, 7) is 18.8. The van der Waals surface area contributed by atoms with E-state index in [1.165, 1.54) is 19.3 Å². The summed E-state index contributed by atoms with van der Waals surface area (Å²) in [5.74, 6) is 2.61. The fraction of sp³-hybridized carbons (Fsp3) is 0.783. The highest BCUT2D eigenvalue weighted by Gasteiger charge is 2.64. The molecule has 2 aliphatic rings. The molecule has 3 atom stereocenters. The average molecular weight is 393 g/mol. The number of thioether (sulfide) groups is 1. The van der Waals surface area contributed by atoms with Crippen LogP contribution in [0.3, 0.4) is 0 Å². The quantitative estimate of drug-likeness (QED) is 0.257. The van der Waals surface area contributed by atoms with Crippen LogP contribution in [-0.2, 0) is 4.79 Å². The molecule has 0 bridgehead atoms. The van der Waals surface area contributed by atoms with E-state index in [0.717, 1.165) is 24.2 Å². The van der Waals surface area contributed by atoms with E-state index in [-0.39, 0.29) is 10.8 Å². The van der Waals surface area contributed by atoms with Gasteiger partial charge in [-0.2, -0.15) is 0 Å². The van der Waals surface area contributed by atoms with Crippen LogP contribution >= 0.6 is 11.8 Å². The normalized spacial score (nSPS) is 33.2. The zero-order valence-corrected chi connectivity index (χ0v) is 20.2. The number of allylic oxidation sites excluding steroid dienone is 3. The largest absolute Gasteiger partial charge is 0.294 e. The molecule has 0 aromatic heterocycles. The average Bonchev–Trinajstić information content (AvgIpc) is 2.91. The van der Waals surface area contributed by atoms with Crippen LogP contribution in [0.1, 0.15) is 66.7 Å². The molecule has 0 saturated heterocycles. The molecule has 0 unspecified atom stereocenters. The van der Waals surface area contributed by atoms with Crippen LogP contribution < -0.4 is 0 Å². The van der Waals surface area contributed by atoms with Gasteiger partial charge >= 0.3 is 0 Å². The lowest BCUT2D eigenvalue weighted by molar-refractivity contribution is -0.126. The number of ketones is 1. The molecule has 0 heterocycles. The summed E-state index contributed by atoms with van der Waals surface area (Å²) in [5, 5.41) is 3.81. The van der Waals surface area contributed by atoms with E-state index in [9.17, 15) is 4.79 Å². The van der Waals surface area contributed by atoms with E-state index in [1.807, 2.05) is 11.8 Å². The highest BCUT2D eigenvalue weighted by Crippen LogP contribution is 2.66. The molecule has 2 saturated carbocycles. The van der Waals surface area contributed by atoms with E-state index in [0.29, 0.717) is 17.6 Å². The first-order valence-electron chi connectivity index (χ1n) is 10.5. The van der Waals surface area contributed by atoms with Gasteiger partial charge in [0, 0.05) is 11.0 Å². The lowest BCUT2D eigenvalue weighted by atomic mass is 9.68. The van der Waals surface area contributed by atoms with Gasteiger partial charge in [-0.3, -0.25) is 4.79 Å². The molecule has 0 aromatic rings. The Balaban J connectivity index is 2.39. The van der Waals surface area contributed by atoms with E-state index in [1.54, 1.807) is 5.20 Å². The highest BCUT2D eigenvalue weighted by atomic mass is 32.2. The first-order valence-corrected chi connectivity index (χ1v) is 15.1. The van der Waals surface area contributed by atoms with Gasteiger partial charge in [-0.1, -0.05) is 65.0 Å². The van der Waals surface area contributed by atoms with E-state index >= 15 is 0 Å². The number of Topliss-reactive ketones (excluding diaryl/α,β-unsaturated/α-hetero) is 1. The number of rotatable bonds is 7. The van der Waals surface area contributed by atoms with Crippen LogP contribution in [0.25, 0.3) is 0 Å². The van der Waals surface area contributed by atoms with Crippen molar-refractivity contribution in [1.29, 1.82) is 0 Å². The summed E-state index contributed by atoms with van der Waals surface area (Å²) in [4.78, 5) is 13.8. The highest BCUT2D eigenvalue weighted by molar-refractivity contribution is 8.02. The predicted molar refractivity (Wildman–Crippen MR) is 120 cm³/mol. The van der Waals surface area contributed by atoms with Gasteiger partial charge in [0.2, 0.25) is 0 Å². The van der Waals surface area contributed by atoms with Crippen LogP contribution in [0.4, 0.5) is 0 Å². The molecular weight excluding hydrogens is 352 g/mol. The Hall–Kier alpha value is -0.283. The SMILES string of the molecule is C/C=C(\C[C@]12C(=O)/C(=C\SCCCC)C[C@H]1C(C)(C)C[C@H]2C)[Si](C)(C)C. The third kappa shape index (κ3) is 3.94. The van der Waals surface area contributed by atoms with E-state index < -0.39 is 8.07 Å². The number of unbranched alkanes of at least 4 members (excludes halogenated alkanes) is 1. The predicted octanol–water partition coefficient (Wildman–Crippen LogP) is 7.26. The van der Waals surface area contributed by atoms with Crippen LogP contribution in [0.5, 0.6) is 0 Å². The van der Waals surface area contributed by atoms with Crippen LogP contribution in [0.15, 0.2) is 22.3 Å². The monoisotopic (exact) mass is 392 g/mol. The summed E-state index contributed by atoms with van der Waals surface area (Å²) in [5.41, 5.74) is 1.24. The number of carbonyl (C=O) groups is 1. The van der Waals surface area contributed by atoms with Gasteiger partial charge in [-0.05, 0) is 61.0 Å². The van der Waals surface area contributed by atoms with Crippen LogP contribution in [0.2, 0.25) is 19.6 Å². The molecule has 0 aliphatic heterocycles. The zero-order chi connectivity index (χ0) is 19.8. The second kappa shape index (κ2) is 7.99. The molecule has 2 aliphatic carbocycles. The van der Waals surface area contributed by atoms with Crippen molar-refractivity contribution >= 4 is 25.6 Å². The maximum Gasteiger partial charge on any atom is 0.166 e. The van der Waals surface area contributed by atoms with Gasteiger partial charge in [-0.25, -0.2) is 0 Å². The maximum absolute atomic E-state index is 13.8. The zero-order valence-electron chi connectivity index (χ0n) is 18.4. The minimum Gasteiger partial charge on any atom is -0.294 e. The topological polar surface area (TPSA) is 17.1 Å². The molecule has 148 valence electrons. The molecule has 2 fully saturated rings. The Bertz CT molecular complexity index is 596. The third-order valence-corrected chi connectivity index (χ3v) is 10.4. The Kier molecular flexibility index (Phi) is 6.76. The summed E-state index contributed by atoms with van der Waals surface area (Å²) >= 11 is 1.86. The lowest BCUT2D eigenvalue weighted by Gasteiger charge is -2.38. The molecule has 0 radical (unpaired) electrons. The molecule has 1 nitrogen and oxygen atoms in total. The van der Waals surface area contributed by atoms with Gasteiger partial charge in [0.25, 0.3) is 0 Å². The van der Waals surface area contributed by atoms with Crippen molar-refractivity contribution in [3.8, 4) is 0 Å². The molecular formula is C23H40OSSi. The van der Waals surface area contributed by atoms with Crippen molar-refractivity contribution in [2.45, 2.75) is 86.4 Å². The number of carbonyl (C=O) groups excluding carboxylic acids is 1. The van der Waals surface area contributed by atoms with Gasteiger partial charge in [0.15, 0.2) is 5.78 Å². The van der Waals surface area contributed by atoms with Gasteiger partial charge in [0.05, 0.1) is 8.07 Å². The summed E-state index contributed by atoms with van der Waals surface area (Å²) in [7, 11) is -1.40. The fourth-order valence-electron chi connectivity index (χ4n) is 5.59. The Morgan fingerprint density at radius 3 is 2.50 bits per heavy atom. The molecule has 26 heavy (non-hydrogen) atoms. The van der Waals surface area contributed by atoms with Crippen molar-refractivity contribution in [1.82, 2.24) is 0 Å². The van der Waals surface area contributed by atoms with Crippen molar-refractivity contribution in [3.63, 3.8) is 0 Å². The van der Waals surface area contributed by atoms with Crippen molar-refractivity contribution < 1.29 is 4.79 Å². The molecule has 2 rings (SSSR count). The Labute approximate surface area is 167 Å². The molecule has 0 spiro atoms. The van der Waals surface area contributed by atoms with Gasteiger partial charge in [0.1, 0.15) is 0 Å². The van der Waals surface area contributed by atoms with Gasteiger partial charge < -0.3 is 0 Å². The summed E-state index contributed by atoms with van der Waals surface area (Å²) < 4.78 is 0. The summed E-state index contributed by atoms with van der Waals surface area (Å²) in [6.07, 6.45) is 7.98. The summed E-state index contributed by atoms with van der Waals surface area (Å²) in [6, 6.07) is 0. The van der Waals surface area contributed by atoms with Gasteiger partial charge in [-0.15, -0.1) is 11.8 Å². The molecule has 3 heteroatoms. The molecule has 0 amide bonds. The molecule has 0 aromatic carbocycles. The second-order valence-electron chi connectivity index (χ2n) is 10.3. The number of hydrogen-bond donors (Lipinski definition) is 0. The van der Waals surface area contributed by atoms with E-state index in [4.69, 9.17) is 0 Å². The standard InChI is InChI=1S/C23H40OSSi/c1-9-11-12-25-16-18-13-20-22(4,5)14-17(3)23(20,21(18)24)15-19(10-2)26(6,7)8/h10,16-17,20H,9,11-15H2,1-8H3/b18-16-,19-10+/t17-,20+,23-/m1/s1. The first kappa shape index (κ1) is 22.0. The minimum atomic E-state index is -1.40. The first-order chi connectivity index (χ1) is 12.0. The minimum absolute atomic E-state index is 0.150. The molecule has 0 N–H and O–H groups in total. The van der Waals surface area contributed by atoms with Crippen LogP contribution in [0, 0.1) is 22.7 Å². The smallest absolute Gasteiger partial charge is 0.166 e. The van der Waals surface area contributed by atoms with E-state index in [2.05, 4.69) is 65.7 Å². The Morgan fingerprint density at radius 1 is 1.31 bits per heavy atom.